The van der Waals surface area contributed by atoms with Crippen molar-refractivity contribution in [3.8, 4) is 23.2 Å². The molecule has 12 heteroatoms. The summed E-state index contributed by atoms with van der Waals surface area (Å²) < 4.78 is 16.2. The molecule has 8 aromatic rings. The first-order chi connectivity index (χ1) is 31.2. The lowest BCUT2D eigenvalue weighted by atomic mass is 9.98. The predicted molar refractivity (Wildman–Crippen MR) is 256 cm³/mol. The quantitative estimate of drug-likeness (QED) is 0.0762. The summed E-state index contributed by atoms with van der Waals surface area (Å²) in [5, 5.41) is 8.58. The number of aryl methyl sites for hydroxylation is 2. The number of benzene rings is 4. The minimum absolute atomic E-state index is 0.0487. The highest BCUT2D eigenvalue weighted by Gasteiger charge is 2.21. The number of hydrogen-bond acceptors (Lipinski definition) is 8. The lowest BCUT2D eigenvalue weighted by Gasteiger charge is -2.15. The van der Waals surface area contributed by atoms with E-state index in [1.54, 1.807) is 36.4 Å². The molecule has 0 saturated carbocycles. The molecule has 0 aliphatic carbocycles. The van der Waals surface area contributed by atoms with Crippen molar-refractivity contribution in [2.24, 2.45) is 11.8 Å². The maximum atomic E-state index is 13.5. The van der Waals surface area contributed by atoms with Crippen LogP contribution in [0.4, 0.5) is 11.4 Å². The van der Waals surface area contributed by atoms with Gasteiger partial charge in [0.15, 0.2) is 0 Å². The topological polar surface area (TPSA) is 154 Å². The van der Waals surface area contributed by atoms with Crippen LogP contribution < -0.4 is 21.9 Å². The zero-order valence-electron chi connectivity index (χ0n) is 37.1. The second kappa shape index (κ2) is 19.7. The Morgan fingerprint density at radius 3 is 1.39 bits per heavy atom. The van der Waals surface area contributed by atoms with E-state index >= 15 is 0 Å². The van der Waals surface area contributed by atoms with Crippen LogP contribution in [-0.2, 0) is 22.7 Å². The van der Waals surface area contributed by atoms with Gasteiger partial charge < -0.3 is 28.6 Å². The van der Waals surface area contributed by atoms with Crippen LogP contribution in [0, 0.1) is 11.8 Å². The molecule has 0 saturated heterocycles. The number of amides is 2. The van der Waals surface area contributed by atoms with Gasteiger partial charge in [-0.2, -0.15) is 0 Å². The van der Waals surface area contributed by atoms with Crippen molar-refractivity contribution in [3.63, 3.8) is 0 Å². The van der Waals surface area contributed by atoms with Crippen molar-refractivity contribution in [1.29, 1.82) is 0 Å². The van der Waals surface area contributed by atoms with E-state index in [1.165, 1.54) is 0 Å². The maximum Gasteiger partial charge on any atom is 0.347 e. The van der Waals surface area contributed by atoms with Gasteiger partial charge in [0.2, 0.25) is 23.6 Å². The van der Waals surface area contributed by atoms with Crippen LogP contribution >= 0.6 is 0 Å². The molecular formula is C52H56N6O6. The fraction of sp³-hybridized carbons (Fsp3) is 0.346. The Morgan fingerprint density at radius 1 is 0.562 bits per heavy atom. The molecule has 2 amide bonds. The zero-order valence-corrected chi connectivity index (χ0v) is 37.1. The van der Waals surface area contributed by atoms with Crippen LogP contribution in [0.3, 0.4) is 0 Å². The predicted octanol–water partition coefficient (Wildman–Crippen LogP) is 11.7. The van der Waals surface area contributed by atoms with Crippen molar-refractivity contribution in [1.82, 2.24) is 19.1 Å². The van der Waals surface area contributed by atoms with Crippen LogP contribution in [0.25, 0.3) is 66.8 Å². The van der Waals surface area contributed by atoms with Gasteiger partial charge in [-0.3, -0.25) is 9.59 Å². The summed E-state index contributed by atoms with van der Waals surface area (Å²) in [6.45, 7) is 9.49. The summed E-state index contributed by atoms with van der Waals surface area (Å²) in [4.78, 5) is 62.8. The molecule has 2 unspecified atom stereocenters. The summed E-state index contributed by atoms with van der Waals surface area (Å²) in [7, 11) is 0. The minimum atomic E-state index is -0.526. The monoisotopic (exact) mass is 860 g/mol. The summed E-state index contributed by atoms with van der Waals surface area (Å²) >= 11 is 0. The molecule has 4 heterocycles. The number of rotatable bonds is 19. The molecule has 2 atom stereocenters. The number of nitrogens with zero attached hydrogens (tertiary/aromatic N) is 4. The second-order valence-electron chi connectivity index (χ2n) is 16.7. The van der Waals surface area contributed by atoms with E-state index in [0.29, 0.717) is 57.7 Å². The summed E-state index contributed by atoms with van der Waals surface area (Å²) in [5.41, 5.74) is 4.36. The first kappa shape index (κ1) is 43.8. The summed E-state index contributed by atoms with van der Waals surface area (Å²) in [5.74, 6) is 0.168. The van der Waals surface area contributed by atoms with Crippen LogP contribution in [0.5, 0.6) is 0 Å². The zero-order chi connectivity index (χ0) is 44.7. The van der Waals surface area contributed by atoms with Gasteiger partial charge in [0.05, 0.1) is 21.8 Å². The van der Waals surface area contributed by atoms with Gasteiger partial charge in [-0.1, -0.05) is 89.8 Å². The fourth-order valence-corrected chi connectivity index (χ4v) is 8.75. The summed E-state index contributed by atoms with van der Waals surface area (Å²) in [6.07, 6.45) is 8.68. The minimum Gasteiger partial charge on any atom is -0.401 e. The van der Waals surface area contributed by atoms with Crippen molar-refractivity contribution in [2.45, 2.75) is 105 Å². The number of carbonyl (C=O) groups is 2. The van der Waals surface area contributed by atoms with E-state index < -0.39 is 11.3 Å². The number of carbonyl (C=O) groups excluding carboxylic acids is 2. The van der Waals surface area contributed by atoms with E-state index in [1.807, 2.05) is 74.5 Å². The Hall–Kier alpha value is -6.82. The Labute approximate surface area is 371 Å². The SMILES string of the molecule is CCCCC(CC)C(=O)Nc1ccc2nc(-c3cc4ccccc4n3CCCCn3c(-c4nc5ccc(NC(=O)C(CC)CCCC)cc5c(=O)o4)cc4ccccc43)oc(=O)c2c1. The lowest BCUT2D eigenvalue weighted by molar-refractivity contribution is -0.121. The maximum absolute atomic E-state index is 13.5. The van der Waals surface area contributed by atoms with E-state index in [-0.39, 0.29) is 35.4 Å². The summed E-state index contributed by atoms with van der Waals surface area (Å²) in [6, 6.07) is 30.5. The van der Waals surface area contributed by atoms with Crippen molar-refractivity contribution in [2.75, 3.05) is 10.6 Å². The molecule has 0 radical (unpaired) electrons. The first-order valence-electron chi connectivity index (χ1n) is 22.9. The number of para-hydroxylation sites is 2. The molecule has 330 valence electrons. The lowest BCUT2D eigenvalue weighted by Crippen LogP contribution is -2.22. The number of anilines is 2. The smallest absolute Gasteiger partial charge is 0.347 e. The standard InChI is InChI=1S/C52H56N6O6/c1-5-9-17-33(7-3)47(59)53-37-23-25-41-39(31-37)51(61)63-49(55-41)45-29-35-19-11-13-21-43(35)57(45)27-15-16-28-58-44-22-14-12-20-36(44)30-46(58)50-56-42-26-24-38(32-40(42)52(62)64-50)54-48(60)34(8-4)18-10-6-2/h11-14,19-26,29-34H,5-10,15-18,27-28H2,1-4H3,(H,53,59)(H,54,60). The van der Waals surface area contributed by atoms with Crippen LogP contribution in [0.1, 0.15) is 91.9 Å². The van der Waals surface area contributed by atoms with E-state index in [4.69, 9.17) is 18.8 Å². The van der Waals surface area contributed by atoms with Crippen molar-refractivity contribution >= 4 is 66.8 Å². The van der Waals surface area contributed by atoms with Gasteiger partial charge in [-0.15, -0.1) is 0 Å². The number of nitrogens with one attached hydrogen (secondary N) is 2. The van der Waals surface area contributed by atoms with Crippen LogP contribution in [0.15, 0.2) is 115 Å². The number of hydrogen-bond donors (Lipinski definition) is 2. The van der Waals surface area contributed by atoms with Crippen LogP contribution in [0.2, 0.25) is 0 Å². The fourth-order valence-electron chi connectivity index (χ4n) is 8.75. The highest BCUT2D eigenvalue weighted by molar-refractivity contribution is 5.96. The normalized spacial score (nSPS) is 12.6. The third-order valence-corrected chi connectivity index (χ3v) is 12.4. The molecule has 0 fully saturated rings. The molecule has 12 nitrogen and oxygen atoms in total. The van der Waals surface area contributed by atoms with Gasteiger partial charge in [-0.25, -0.2) is 19.6 Å². The molecule has 0 spiro atoms. The van der Waals surface area contributed by atoms with E-state index in [0.717, 1.165) is 86.0 Å². The van der Waals surface area contributed by atoms with Gasteiger partial charge in [0.1, 0.15) is 11.4 Å². The molecule has 4 aromatic carbocycles. The largest absolute Gasteiger partial charge is 0.401 e. The average Bonchev–Trinajstić information content (AvgIpc) is 3.87. The van der Waals surface area contributed by atoms with Crippen LogP contribution in [-0.4, -0.2) is 30.9 Å². The molecule has 0 aliphatic rings. The molecular weight excluding hydrogens is 805 g/mol. The van der Waals surface area contributed by atoms with E-state index in [9.17, 15) is 19.2 Å². The Bertz CT molecular complexity index is 2880. The molecule has 64 heavy (non-hydrogen) atoms. The average molecular weight is 861 g/mol. The molecule has 4 aromatic heterocycles. The molecule has 8 rings (SSSR count). The Kier molecular flexibility index (Phi) is 13.5. The number of unbranched alkanes of at least 4 members (excludes halogenated alkanes) is 3. The Balaban J connectivity index is 1.02. The first-order valence-corrected chi connectivity index (χ1v) is 22.9. The van der Waals surface area contributed by atoms with Gasteiger partial charge in [-0.05, 0) is 99.2 Å². The number of fused-ring (bicyclic) bond motifs is 4. The molecule has 2 N–H and O–H groups in total. The Morgan fingerprint density at radius 2 is 0.984 bits per heavy atom. The highest BCUT2D eigenvalue weighted by atomic mass is 16.4. The highest BCUT2D eigenvalue weighted by Crippen LogP contribution is 2.31. The number of aromatic nitrogens is 4. The second-order valence-corrected chi connectivity index (χ2v) is 16.7. The third-order valence-electron chi connectivity index (χ3n) is 12.4. The molecule has 0 bridgehead atoms. The van der Waals surface area contributed by atoms with Gasteiger partial charge >= 0.3 is 11.3 Å². The van der Waals surface area contributed by atoms with Crippen molar-refractivity contribution < 1.29 is 18.4 Å². The van der Waals surface area contributed by atoms with E-state index in [2.05, 4.69) is 33.6 Å². The molecule has 0 aliphatic heterocycles. The van der Waals surface area contributed by atoms with Gasteiger partial charge in [0, 0.05) is 58.1 Å². The van der Waals surface area contributed by atoms with Crippen molar-refractivity contribution in [3.05, 3.63) is 118 Å². The van der Waals surface area contributed by atoms with Gasteiger partial charge in [0.25, 0.3) is 0 Å². The third kappa shape index (κ3) is 9.27.